The molecule has 0 saturated heterocycles. The van der Waals surface area contributed by atoms with E-state index in [2.05, 4.69) is 5.32 Å². The summed E-state index contributed by atoms with van der Waals surface area (Å²) in [6.07, 6.45) is 0. The van der Waals surface area contributed by atoms with Crippen LogP contribution in [0.1, 0.15) is 21.5 Å². The molecule has 4 nitrogen and oxygen atoms in total. The molecule has 1 heterocycles. The highest BCUT2D eigenvalue weighted by atomic mass is 19.1. The lowest BCUT2D eigenvalue weighted by atomic mass is 10.1. The van der Waals surface area contributed by atoms with Gasteiger partial charge in [-0.3, -0.25) is 9.59 Å². The van der Waals surface area contributed by atoms with E-state index in [-0.39, 0.29) is 24.2 Å². The number of rotatable bonds is 3. The minimum absolute atomic E-state index is 0.0235. The van der Waals surface area contributed by atoms with Crippen LogP contribution in [-0.2, 0) is 11.3 Å². The maximum Gasteiger partial charge on any atom is 0.254 e. The lowest BCUT2D eigenvalue weighted by Gasteiger charge is -2.16. The van der Waals surface area contributed by atoms with Crippen LogP contribution in [0.3, 0.4) is 0 Å². The smallest absolute Gasteiger partial charge is 0.254 e. The van der Waals surface area contributed by atoms with Crippen molar-refractivity contribution in [3.63, 3.8) is 0 Å². The van der Waals surface area contributed by atoms with E-state index in [4.69, 9.17) is 0 Å². The van der Waals surface area contributed by atoms with Gasteiger partial charge in [-0.2, -0.15) is 0 Å². The Bertz CT molecular complexity index is 758. The summed E-state index contributed by atoms with van der Waals surface area (Å²) in [4.78, 5) is 25.8. The highest BCUT2D eigenvalue weighted by Crippen LogP contribution is 2.22. The average molecular weight is 298 g/mol. The molecule has 0 atom stereocenters. The lowest BCUT2D eigenvalue weighted by molar-refractivity contribution is -0.116. The molecule has 0 spiro atoms. The van der Waals surface area contributed by atoms with Gasteiger partial charge in [0.1, 0.15) is 12.4 Å². The van der Waals surface area contributed by atoms with E-state index in [1.54, 1.807) is 13.0 Å². The van der Waals surface area contributed by atoms with Crippen LogP contribution in [0.2, 0.25) is 0 Å². The molecule has 0 saturated carbocycles. The Balaban J connectivity index is 1.67. The number of nitrogens with zero attached hydrogens (tertiary/aromatic N) is 1. The highest BCUT2D eigenvalue weighted by Gasteiger charge is 2.28. The van der Waals surface area contributed by atoms with E-state index >= 15 is 0 Å². The van der Waals surface area contributed by atoms with Gasteiger partial charge < -0.3 is 10.2 Å². The Morgan fingerprint density at radius 2 is 2.05 bits per heavy atom. The molecule has 22 heavy (non-hydrogen) atoms. The Kier molecular flexibility index (Phi) is 3.63. The van der Waals surface area contributed by atoms with Gasteiger partial charge in [-0.15, -0.1) is 0 Å². The number of aryl methyl sites for hydroxylation is 1. The quantitative estimate of drug-likeness (QED) is 0.947. The summed E-state index contributed by atoms with van der Waals surface area (Å²) in [6.45, 7) is 2.13. The first-order valence-corrected chi connectivity index (χ1v) is 6.98. The number of anilines is 1. The number of hydrogen-bond donors (Lipinski definition) is 1. The number of carbonyl (C=O) groups is 2. The second-order valence-corrected chi connectivity index (χ2v) is 5.33. The number of nitrogens with one attached hydrogen (secondary N) is 1. The van der Waals surface area contributed by atoms with Gasteiger partial charge >= 0.3 is 0 Å². The summed E-state index contributed by atoms with van der Waals surface area (Å²) in [5.74, 6) is -0.780. The molecule has 0 fully saturated rings. The first kappa shape index (κ1) is 14.3. The van der Waals surface area contributed by atoms with Crippen LogP contribution in [0.5, 0.6) is 0 Å². The largest absolute Gasteiger partial charge is 0.325 e. The number of benzene rings is 2. The molecule has 0 bridgehead atoms. The van der Waals surface area contributed by atoms with Gasteiger partial charge in [-0.1, -0.05) is 18.2 Å². The number of hydrogen-bond acceptors (Lipinski definition) is 2. The van der Waals surface area contributed by atoms with Crippen molar-refractivity contribution >= 4 is 17.5 Å². The van der Waals surface area contributed by atoms with Crippen LogP contribution in [0.4, 0.5) is 10.1 Å². The Morgan fingerprint density at radius 1 is 1.27 bits per heavy atom. The summed E-state index contributed by atoms with van der Waals surface area (Å²) in [6, 6.07) is 11.5. The molecule has 0 unspecified atom stereocenters. The van der Waals surface area contributed by atoms with E-state index in [0.717, 1.165) is 5.56 Å². The van der Waals surface area contributed by atoms with Gasteiger partial charge in [0.2, 0.25) is 5.91 Å². The van der Waals surface area contributed by atoms with Gasteiger partial charge in [-0.05, 0) is 42.3 Å². The third-order valence-corrected chi connectivity index (χ3v) is 3.69. The standard InChI is InChI=1S/C17H15FN2O2/c1-11-8-13(18)6-7-15(11)19-16(21)10-20-9-12-4-2-3-5-14(12)17(20)22/h2-8H,9-10H2,1H3,(H,19,21). The summed E-state index contributed by atoms with van der Waals surface area (Å²) < 4.78 is 13.0. The monoisotopic (exact) mass is 298 g/mol. The molecule has 2 aromatic rings. The molecule has 2 amide bonds. The summed E-state index contributed by atoms with van der Waals surface area (Å²) in [5, 5.41) is 2.71. The number of fused-ring (bicyclic) bond motifs is 1. The van der Waals surface area contributed by atoms with Gasteiger partial charge in [0, 0.05) is 17.8 Å². The van der Waals surface area contributed by atoms with Crippen molar-refractivity contribution in [2.45, 2.75) is 13.5 Å². The molecule has 0 aromatic heterocycles. The van der Waals surface area contributed by atoms with Crippen LogP contribution in [0, 0.1) is 12.7 Å². The fourth-order valence-electron chi connectivity index (χ4n) is 2.57. The summed E-state index contributed by atoms with van der Waals surface area (Å²) in [7, 11) is 0. The molecule has 3 rings (SSSR count). The van der Waals surface area contributed by atoms with Gasteiger partial charge in [-0.25, -0.2) is 4.39 Å². The van der Waals surface area contributed by atoms with Crippen LogP contribution >= 0.6 is 0 Å². The second kappa shape index (κ2) is 5.60. The van der Waals surface area contributed by atoms with Crippen LogP contribution in [0.25, 0.3) is 0 Å². The Hall–Kier alpha value is -2.69. The third kappa shape index (κ3) is 2.70. The summed E-state index contributed by atoms with van der Waals surface area (Å²) >= 11 is 0. The third-order valence-electron chi connectivity index (χ3n) is 3.69. The molecule has 1 N–H and O–H groups in total. The highest BCUT2D eigenvalue weighted by molar-refractivity contribution is 6.02. The van der Waals surface area contributed by atoms with Crippen molar-refractivity contribution in [1.29, 1.82) is 0 Å². The Morgan fingerprint density at radius 3 is 2.77 bits per heavy atom. The fourth-order valence-corrected chi connectivity index (χ4v) is 2.57. The van der Waals surface area contributed by atoms with E-state index < -0.39 is 0 Å². The molecule has 0 radical (unpaired) electrons. The first-order valence-electron chi connectivity index (χ1n) is 6.98. The van der Waals surface area contributed by atoms with Crippen molar-refractivity contribution in [2.24, 2.45) is 0 Å². The molecule has 2 aromatic carbocycles. The van der Waals surface area contributed by atoms with Crippen LogP contribution < -0.4 is 5.32 Å². The Labute approximate surface area is 127 Å². The maximum atomic E-state index is 13.0. The first-order chi connectivity index (χ1) is 10.5. The molecule has 0 aliphatic carbocycles. The lowest BCUT2D eigenvalue weighted by Crippen LogP contribution is -2.33. The van der Waals surface area contributed by atoms with Crippen molar-refractivity contribution < 1.29 is 14.0 Å². The predicted molar refractivity (Wildman–Crippen MR) is 80.9 cm³/mol. The number of amides is 2. The molecular formula is C17H15FN2O2. The SMILES string of the molecule is Cc1cc(F)ccc1NC(=O)CN1Cc2ccccc2C1=O. The topological polar surface area (TPSA) is 49.4 Å². The number of carbonyl (C=O) groups excluding carboxylic acids is 2. The normalized spacial score (nSPS) is 13.2. The molecule has 1 aliphatic heterocycles. The van der Waals surface area contributed by atoms with Gasteiger partial charge in [0.05, 0.1) is 0 Å². The predicted octanol–water partition coefficient (Wildman–Crippen LogP) is 2.73. The molecule has 5 heteroatoms. The van der Waals surface area contributed by atoms with Crippen molar-refractivity contribution in [2.75, 3.05) is 11.9 Å². The van der Waals surface area contributed by atoms with E-state index in [9.17, 15) is 14.0 Å². The minimum atomic E-state index is -0.347. The van der Waals surface area contributed by atoms with Crippen molar-refractivity contribution in [3.05, 3.63) is 65.0 Å². The zero-order chi connectivity index (χ0) is 15.7. The molecule has 1 aliphatic rings. The van der Waals surface area contributed by atoms with Crippen molar-refractivity contribution in [3.8, 4) is 0 Å². The summed E-state index contributed by atoms with van der Waals surface area (Å²) in [5.41, 5.74) is 2.77. The maximum absolute atomic E-state index is 13.0. The molecular weight excluding hydrogens is 283 g/mol. The van der Waals surface area contributed by atoms with E-state index in [1.165, 1.54) is 23.1 Å². The van der Waals surface area contributed by atoms with Crippen molar-refractivity contribution in [1.82, 2.24) is 4.90 Å². The zero-order valence-corrected chi connectivity index (χ0v) is 12.1. The van der Waals surface area contributed by atoms with Crippen LogP contribution in [-0.4, -0.2) is 23.3 Å². The van der Waals surface area contributed by atoms with Crippen LogP contribution in [0.15, 0.2) is 42.5 Å². The van der Waals surface area contributed by atoms with Gasteiger partial charge in [0.25, 0.3) is 5.91 Å². The molecule has 112 valence electrons. The van der Waals surface area contributed by atoms with E-state index in [1.807, 2.05) is 18.2 Å². The number of halogens is 1. The zero-order valence-electron chi connectivity index (χ0n) is 12.1. The fraction of sp³-hybridized carbons (Fsp3) is 0.176. The minimum Gasteiger partial charge on any atom is -0.325 e. The second-order valence-electron chi connectivity index (χ2n) is 5.33. The average Bonchev–Trinajstić information content (AvgIpc) is 2.79. The van der Waals surface area contributed by atoms with E-state index in [0.29, 0.717) is 23.4 Å². The van der Waals surface area contributed by atoms with Gasteiger partial charge in [0.15, 0.2) is 0 Å².